The van der Waals surface area contributed by atoms with Gasteiger partial charge in [0.25, 0.3) is 5.56 Å². The van der Waals surface area contributed by atoms with Gasteiger partial charge in [0.2, 0.25) is 0 Å². The van der Waals surface area contributed by atoms with Crippen LogP contribution in [-0.2, 0) is 0 Å². The van der Waals surface area contributed by atoms with E-state index in [9.17, 15) is 9.18 Å². The lowest BCUT2D eigenvalue weighted by Crippen LogP contribution is -2.27. The van der Waals surface area contributed by atoms with Crippen molar-refractivity contribution in [1.82, 2.24) is 9.71 Å². The summed E-state index contributed by atoms with van der Waals surface area (Å²) in [6.07, 6.45) is 0. The number of benzene rings is 2. The minimum atomic E-state index is -0.346. The van der Waals surface area contributed by atoms with Crippen LogP contribution in [-0.4, -0.2) is 16.8 Å². The summed E-state index contributed by atoms with van der Waals surface area (Å²) in [4.78, 5) is 21.9. The third-order valence-electron chi connectivity index (χ3n) is 3.02. The van der Waals surface area contributed by atoms with Crippen molar-refractivity contribution in [3.05, 3.63) is 64.7 Å². The molecule has 0 fully saturated rings. The Morgan fingerprint density at radius 3 is 2.50 bits per heavy atom. The number of halogens is 1. The maximum Gasteiger partial charge on any atom is 0.294 e. The number of fused-ring (bicyclic) bond motifs is 1. The normalized spacial score (nSPS) is 10.7. The molecule has 5 heteroatoms. The third-order valence-corrected chi connectivity index (χ3v) is 3.02. The highest BCUT2D eigenvalue weighted by atomic mass is 19.1. The predicted octanol–water partition coefficient (Wildman–Crippen LogP) is 2.26. The van der Waals surface area contributed by atoms with Crippen LogP contribution in [0.1, 0.15) is 0 Å². The van der Waals surface area contributed by atoms with Crippen LogP contribution in [0.2, 0.25) is 0 Å². The summed E-state index contributed by atoms with van der Waals surface area (Å²) in [5.41, 5.74) is 0.888. The molecule has 3 rings (SSSR count). The number of hydrogen-bond donors (Lipinski definition) is 0. The first-order valence-electron chi connectivity index (χ1n) is 6.03. The molecule has 0 bridgehead atoms. The van der Waals surface area contributed by atoms with Crippen LogP contribution >= 0.6 is 0 Å². The molecule has 0 atom stereocenters. The second kappa shape index (κ2) is 4.77. The van der Waals surface area contributed by atoms with Crippen LogP contribution in [0.15, 0.2) is 53.3 Å². The monoisotopic (exact) mass is 270 g/mol. The highest BCUT2D eigenvalue weighted by molar-refractivity contribution is 5.79. The van der Waals surface area contributed by atoms with Gasteiger partial charge in [-0.15, -0.1) is 4.73 Å². The van der Waals surface area contributed by atoms with E-state index in [4.69, 9.17) is 4.84 Å². The first kappa shape index (κ1) is 12.3. The standard InChI is InChI=1S/C15H11FN2O2/c1-20-18-14(10-6-8-11(16)9-7-10)17-13-5-3-2-4-12(13)15(18)19/h2-9H,1H3. The number of para-hydroxylation sites is 1. The molecule has 0 unspecified atom stereocenters. The Labute approximate surface area is 114 Å². The molecule has 0 aliphatic heterocycles. The van der Waals surface area contributed by atoms with Gasteiger partial charge in [-0.2, -0.15) is 0 Å². The summed E-state index contributed by atoms with van der Waals surface area (Å²) in [5.74, 6) is -0.00273. The van der Waals surface area contributed by atoms with Gasteiger partial charge in [-0.3, -0.25) is 4.79 Å². The van der Waals surface area contributed by atoms with Crippen LogP contribution in [0.4, 0.5) is 4.39 Å². The Kier molecular flexibility index (Phi) is 2.95. The molecule has 4 nitrogen and oxygen atoms in total. The Bertz CT molecular complexity index is 825. The third kappa shape index (κ3) is 1.93. The molecule has 0 spiro atoms. The second-order valence-electron chi connectivity index (χ2n) is 4.24. The zero-order valence-corrected chi connectivity index (χ0v) is 10.7. The van der Waals surface area contributed by atoms with E-state index >= 15 is 0 Å². The average molecular weight is 270 g/mol. The molecule has 0 N–H and O–H groups in total. The number of nitrogens with zero attached hydrogens (tertiary/aromatic N) is 2. The molecule has 1 heterocycles. The van der Waals surface area contributed by atoms with Crippen molar-refractivity contribution in [2.24, 2.45) is 0 Å². The molecule has 0 aliphatic carbocycles. The molecule has 100 valence electrons. The van der Waals surface area contributed by atoms with E-state index in [1.807, 2.05) is 0 Å². The fourth-order valence-corrected chi connectivity index (χ4v) is 2.07. The van der Waals surface area contributed by atoms with Crippen LogP contribution in [0, 0.1) is 5.82 Å². The SMILES string of the molecule is COn1c(-c2ccc(F)cc2)nc2ccccc2c1=O. The Morgan fingerprint density at radius 2 is 1.80 bits per heavy atom. The van der Waals surface area contributed by atoms with Crippen LogP contribution in [0.5, 0.6) is 0 Å². The largest absolute Gasteiger partial charge is 0.412 e. The summed E-state index contributed by atoms with van der Waals surface area (Å²) < 4.78 is 14.1. The first-order chi connectivity index (χ1) is 9.70. The molecule has 0 aliphatic rings. The first-order valence-corrected chi connectivity index (χ1v) is 6.03. The minimum Gasteiger partial charge on any atom is -0.412 e. The summed E-state index contributed by atoms with van der Waals surface area (Å²) in [6.45, 7) is 0. The van der Waals surface area contributed by atoms with Gasteiger partial charge in [0, 0.05) is 5.56 Å². The van der Waals surface area contributed by atoms with Gasteiger partial charge in [-0.05, 0) is 36.4 Å². The van der Waals surface area contributed by atoms with Crippen LogP contribution in [0.25, 0.3) is 22.3 Å². The lowest BCUT2D eigenvalue weighted by atomic mass is 10.2. The zero-order chi connectivity index (χ0) is 14.1. The van der Waals surface area contributed by atoms with Gasteiger partial charge in [0.15, 0.2) is 5.82 Å². The molecule has 0 saturated heterocycles. The number of hydrogen-bond acceptors (Lipinski definition) is 3. The van der Waals surface area contributed by atoms with Crippen molar-refractivity contribution in [2.75, 3.05) is 7.11 Å². The topological polar surface area (TPSA) is 44.1 Å². The van der Waals surface area contributed by atoms with Crippen molar-refractivity contribution in [3.8, 4) is 11.4 Å². The van der Waals surface area contributed by atoms with Crippen molar-refractivity contribution in [3.63, 3.8) is 0 Å². The van der Waals surface area contributed by atoms with Gasteiger partial charge in [-0.25, -0.2) is 9.37 Å². The average Bonchev–Trinajstić information content (AvgIpc) is 2.48. The maximum atomic E-state index is 13.0. The smallest absolute Gasteiger partial charge is 0.294 e. The fraction of sp³-hybridized carbons (Fsp3) is 0.0667. The minimum absolute atomic E-state index is 0.294. The van der Waals surface area contributed by atoms with Gasteiger partial charge in [-0.1, -0.05) is 12.1 Å². The van der Waals surface area contributed by atoms with E-state index in [2.05, 4.69) is 4.98 Å². The van der Waals surface area contributed by atoms with E-state index in [1.165, 1.54) is 19.2 Å². The van der Waals surface area contributed by atoms with E-state index in [0.717, 1.165) is 4.73 Å². The van der Waals surface area contributed by atoms with E-state index < -0.39 is 0 Å². The number of aromatic nitrogens is 2. The van der Waals surface area contributed by atoms with Crippen LogP contribution in [0.3, 0.4) is 0 Å². The van der Waals surface area contributed by atoms with Gasteiger partial charge < -0.3 is 4.84 Å². The molecular weight excluding hydrogens is 259 g/mol. The van der Waals surface area contributed by atoms with Crippen molar-refractivity contribution in [2.45, 2.75) is 0 Å². The Morgan fingerprint density at radius 1 is 1.10 bits per heavy atom. The van der Waals surface area contributed by atoms with Crippen molar-refractivity contribution in [1.29, 1.82) is 0 Å². The zero-order valence-electron chi connectivity index (χ0n) is 10.7. The van der Waals surface area contributed by atoms with E-state index in [1.54, 1.807) is 36.4 Å². The quantitative estimate of drug-likeness (QED) is 0.717. The summed E-state index contributed by atoms with van der Waals surface area (Å²) in [7, 11) is 1.39. The summed E-state index contributed by atoms with van der Waals surface area (Å²) in [6, 6.07) is 12.8. The molecule has 1 aromatic heterocycles. The number of rotatable bonds is 2. The highest BCUT2D eigenvalue weighted by Crippen LogP contribution is 2.18. The lowest BCUT2D eigenvalue weighted by molar-refractivity contribution is 0.160. The van der Waals surface area contributed by atoms with E-state index in [-0.39, 0.29) is 11.4 Å². The molecular formula is C15H11FN2O2. The molecule has 0 radical (unpaired) electrons. The van der Waals surface area contributed by atoms with Gasteiger partial charge in [0.05, 0.1) is 10.9 Å². The molecule has 3 aromatic rings. The summed E-state index contributed by atoms with van der Waals surface area (Å²) in [5, 5.41) is 0.472. The molecule has 0 saturated carbocycles. The summed E-state index contributed by atoms with van der Waals surface area (Å²) >= 11 is 0. The second-order valence-corrected chi connectivity index (χ2v) is 4.24. The Hall–Kier alpha value is -2.69. The maximum absolute atomic E-state index is 13.0. The lowest BCUT2D eigenvalue weighted by Gasteiger charge is -2.11. The van der Waals surface area contributed by atoms with E-state index in [0.29, 0.717) is 22.3 Å². The van der Waals surface area contributed by atoms with Gasteiger partial charge in [0.1, 0.15) is 12.9 Å². The van der Waals surface area contributed by atoms with Crippen molar-refractivity contribution < 1.29 is 9.23 Å². The molecule has 2 aromatic carbocycles. The van der Waals surface area contributed by atoms with Crippen molar-refractivity contribution >= 4 is 10.9 Å². The molecule has 20 heavy (non-hydrogen) atoms. The predicted molar refractivity (Wildman–Crippen MR) is 73.9 cm³/mol. The highest BCUT2D eigenvalue weighted by Gasteiger charge is 2.12. The van der Waals surface area contributed by atoms with Crippen LogP contribution < -0.4 is 10.4 Å². The fourth-order valence-electron chi connectivity index (χ4n) is 2.07. The molecule has 0 amide bonds. The Balaban J connectivity index is 2.34. The van der Waals surface area contributed by atoms with Gasteiger partial charge >= 0.3 is 0 Å².